The third kappa shape index (κ3) is 3.63. The first-order valence-electron chi connectivity index (χ1n) is 5.94. The standard InChI is InChI=1S/C13H21N3O2/c1-9(6-7-17)15-12-5-4-10(8-11(12)14)13(18)16(2)3/h4-5,8-9,15,17H,6-7,14H2,1-3H3. The molecule has 0 aliphatic carbocycles. The number of nitrogens with zero attached hydrogens (tertiary/aromatic N) is 1. The van der Waals surface area contributed by atoms with Gasteiger partial charge in [-0.2, -0.15) is 0 Å². The van der Waals surface area contributed by atoms with Crippen molar-refractivity contribution >= 4 is 17.3 Å². The van der Waals surface area contributed by atoms with Gasteiger partial charge in [0, 0.05) is 32.3 Å². The summed E-state index contributed by atoms with van der Waals surface area (Å²) in [6.45, 7) is 2.10. The first-order chi connectivity index (χ1) is 8.45. The molecule has 0 saturated heterocycles. The monoisotopic (exact) mass is 251 g/mol. The minimum absolute atomic E-state index is 0.0725. The Kier molecular flexibility index (Phi) is 4.97. The molecule has 100 valence electrons. The average molecular weight is 251 g/mol. The van der Waals surface area contributed by atoms with E-state index < -0.39 is 0 Å². The molecule has 0 aliphatic heterocycles. The van der Waals surface area contributed by atoms with Crippen molar-refractivity contribution in [2.24, 2.45) is 0 Å². The van der Waals surface area contributed by atoms with E-state index in [1.165, 1.54) is 4.90 Å². The number of nitrogens with two attached hydrogens (primary N) is 1. The van der Waals surface area contributed by atoms with E-state index in [4.69, 9.17) is 10.8 Å². The van der Waals surface area contributed by atoms with Gasteiger partial charge in [0.25, 0.3) is 5.91 Å². The zero-order chi connectivity index (χ0) is 13.7. The summed E-state index contributed by atoms with van der Waals surface area (Å²) in [6.07, 6.45) is 0.651. The summed E-state index contributed by atoms with van der Waals surface area (Å²) in [7, 11) is 3.40. The number of nitrogens with one attached hydrogen (secondary N) is 1. The van der Waals surface area contributed by atoms with E-state index in [1.807, 2.05) is 6.92 Å². The quantitative estimate of drug-likeness (QED) is 0.686. The Morgan fingerprint density at radius 2 is 2.17 bits per heavy atom. The molecule has 1 atom stereocenters. The van der Waals surface area contributed by atoms with Crippen LogP contribution in [0.2, 0.25) is 0 Å². The lowest BCUT2D eigenvalue weighted by molar-refractivity contribution is 0.0827. The van der Waals surface area contributed by atoms with Gasteiger partial charge in [0.05, 0.1) is 11.4 Å². The molecule has 18 heavy (non-hydrogen) atoms. The lowest BCUT2D eigenvalue weighted by Gasteiger charge is -2.17. The third-order valence-electron chi connectivity index (χ3n) is 2.67. The maximum absolute atomic E-state index is 11.7. The zero-order valence-electron chi connectivity index (χ0n) is 11.1. The number of rotatable bonds is 5. The highest BCUT2D eigenvalue weighted by Crippen LogP contribution is 2.21. The zero-order valence-corrected chi connectivity index (χ0v) is 11.1. The molecule has 5 heteroatoms. The number of nitrogen functional groups attached to an aromatic ring is 1. The number of hydrogen-bond donors (Lipinski definition) is 3. The molecule has 1 rings (SSSR count). The molecule has 0 aliphatic rings. The van der Waals surface area contributed by atoms with Crippen LogP contribution in [0.4, 0.5) is 11.4 Å². The molecular weight excluding hydrogens is 230 g/mol. The fraction of sp³-hybridized carbons (Fsp3) is 0.462. The summed E-state index contributed by atoms with van der Waals surface area (Å²) in [5.74, 6) is -0.0725. The van der Waals surface area contributed by atoms with Gasteiger partial charge in [0.15, 0.2) is 0 Å². The second-order valence-electron chi connectivity index (χ2n) is 4.56. The van der Waals surface area contributed by atoms with Gasteiger partial charge in [-0.25, -0.2) is 0 Å². The second-order valence-corrected chi connectivity index (χ2v) is 4.56. The largest absolute Gasteiger partial charge is 0.397 e. The summed E-state index contributed by atoms with van der Waals surface area (Å²) in [5, 5.41) is 12.0. The molecule has 1 amide bonds. The minimum Gasteiger partial charge on any atom is -0.397 e. The SMILES string of the molecule is CC(CCO)Nc1ccc(C(=O)N(C)C)cc1N. The first kappa shape index (κ1) is 14.3. The summed E-state index contributed by atoms with van der Waals surface area (Å²) < 4.78 is 0. The van der Waals surface area contributed by atoms with Gasteiger partial charge in [0.1, 0.15) is 0 Å². The molecule has 4 N–H and O–H groups in total. The van der Waals surface area contributed by atoms with Gasteiger partial charge in [-0.3, -0.25) is 4.79 Å². The van der Waals surface area contributed by atoms with Crippen molar-refractivity contribution in [3.05, 3.63) is 23.8 Å². The first-order valence-corrected chi connectivity index (χ1v) is 5.94. The molecule has 0 fully saturated rings. The van der Waals surface area contributed by atoms with Crippen LogP contribution in [0.1, 0.15) is 23.7 Å². The predicted molar refractivity (Wildman–Crippen MR) is 73.7 cm³/mol. The lowest BCUT2D eigenvalue weighted by Crippen LogP contribution is -2.22. The molecule has 1 aromatic rings. The molecule has 0 aromatic heterocycles. The van der Waals surface area contributed by atoms with E-state index >= 15 is 0 Å². The van der Waals surface area contributed by atoms with Crippen molar-refractivity contribution in [1.29, 1.82) is 0 Å². The number of anilines is 2. The average Bonchev–Trinajstić information content (AvgIpc) is 2.31. The number of carbonyl (C=O) groups excluding carboxylic acids is 1. The van der Waals surface area contributed by atoms with E-state index in [1.54, 1.807) is 32.3 Å². The Morgan fingerprint density at radius 3 is 2.67 bits per heavy atom. The molecular formula is C13H21N3O2. The van der Waals surface area contributed by atoms with Crippen molar-refractivity contribution in [2.75, 3.05) is 31.8 Å². The molecule has 0 saturated carbocycles. The number of aliphatic hydroxyl groups is 1. The number of hydrogen-bond acceptors (Lipinski definition) is 4. The molecule has 1 aromatic carbocycles. The third-order valence-corrected chi connectivity index (χ3v) is 2.67. The van der Waals surface area contributed by atoms with E-state index in [9.17, 15) is 4.79 Å². The van der Waals surface area contributed by atoms with Crippen molar-refractivity contribution in [2.45, 2.75) is 19.4 Å². The van der Waals surface area contributed by atoms with Crippen LogP contribution in [-0.4, -0.2) is 42.7 Å². The Balaban J connectivity index is 2.83. The summed E-state index contributed by atoms with van der Waals surface area (Å²) in [4.78, 5) is 13.3. The van der Waals surface area contributed by atoms with Gasteiger partial charge in [-0.05, 0) is 31.5 Å². The van der Waals surface area contributed by atoms with Crippen LogP contribution in [-0.2, 0) is 0 Å². The lowest BCUT2D eigenvalue weighted by atomic mass is 10.1. The van der Waals surface area contributed by atoms with Crippen LogP contribution in [0.15, 0.2) is 18.2 Å². The highest BCUT2D eigenvalue weighted by Gasteiger charge is 2.10. The van der Waals surface area contributed by atoms with Crippen LogP contribution < -0.4 is 11.1 Å². The summed E-state index contributed by atoms with van der Waals surface area (Å²) in [6, 6.07) is 5.33. The molecule has 0 bridgehead atoms. The minimum atomic E-state index is -0.0725. The number of benzene rings is 1. The smallest absolute Gasteiger partial charge is 0.253 e. The van der Waals surface area contributed by atoms with E-state index in [2.05, 4.69) is 5.32 Å². The molecule has 5 nitrogen and oxygen atoms in total. The Labute approximate surface area is 108 Å². The van der Waals surface area contributed by atoms with Gasteiger partial charge in [0.2, 0.25) is 0 Å². The van der Waals surface area contributed by atoms with Crippen LogP contribution >= 0.6 is 0 Å². The maximum Gasteiger partial charge on any atom is 0.253 e. The predicted octanol–water partition coefficient (Wildman–Crippen LogP) is 1.15. The fourth-order valence-electron chi connectivity index (χ4n) is 1.62. The summed E-state index contributed by atoms with van der Waals surface area (Å²) >= 11 is 0. The number of aliphatic hydroxyl groups excluding tert-OH is 1. The maximum atomic E-state index is 11.7. The Morgan fingerprint density at radius 1 is 1.50 bits per heavy atom. The highest BCUT2D eigenvalue weighted by molar-refractivity contribution is 5.95. The van der Waals surface area contributed by atoms with Crippen molar-refractivity contribution in [3.63, 3.8) is 0 Å². The van der Waals surface area contributed by atoms with Crippen molar-refractivity contribution < 1.29 is 9.90 Å². The highest BCUT2D eigenvalue weighted by atomic mass is 16.3. The Hall–Kier alpha value is -1.75. The normalized spacial score (nSPS) is 12.0. The Bertz CT molecular complexity index is 419. The molecule has 1 unspecified atom stereocenters. The van der Waals surface area contributed by atoms with Gasteiger partial charge < -0.3 is 21.1 Å². The van der Waals surface area contributed by atoms with E-state index in [0.29, 0.717) is 17.7 Å². The molecule has 0 heterocycles. The molecule has 0 spiro atoms. The number of amides is 1. The van der Waals surface area contributed by atoms with E-state index in [0.717, 1.165) is 5.69 Å². The topological polar surface area (TPSA) is 78.6 Å². The fourth-order valence-corrected chi connectivity index (χ4v) is 1.62. The van der Waals surface area contributed by atoms with Crippen molar-refractivity contribution in [1.82, 2.24) is 4.90 Å². The van der Waals surface area contributed by atoms with Crippen LogP contribution in [0, 0.1) is 0 Å². The van der Waals surface area contributed by atoms with Crippen LogP contribution in [0.5, 0.6) is 0 Å². The van der Waals surface area contributed by atoms with Crippen LogP contribution in [0.3, 0.4) is 0 Å². The van der Waals surface area contributed by atoms with Gasteiger partial charge >= 0.3 is 0 Å². The summed E-state index contributed by atoms with van der Waals surface area (Å²) in [5.41, 5.74) is 7.79. The number of carbonyl (C=O) groups is 1. The van der Waals surface area contributed by atoms with Gasteiger partial charge in [-0.15, -0.1) is 0 Å². The van der Waals surface area contributed by atoms with E-state index in [-0.39, 0.29) is 18.6 Å². The van der Waals surface area contributed by atoms with Crippen molar-refractivity contribution in [3.8, 4) is 0 Å². The van der Waals surface area contributed by atoms with Crippen LogP contribution in [0.25, 0.3) is 0 Å². The van der Waals surface area contributed by atoms with Gasteiger partial charge in [-0.1, -0.05) is 0 Å². The molecule has 0 radical (unpaired) electrons. The second kappa shape index (κ2) is 6.26.